The van der Waals surface area contributed by atoms with E-state index in [1.165, 1.54) is 0 Å². The number of hydrogen-bond donors (Lipinski definition) is 1. The minimum atomic E-state index is -1.15. The molecule has 0 saturated heterocycles. The number of benzene rings is 1. The molecule has 0 radical (unpaired) electrons. The highest BCUT2D eigenvalue weighted by Crippen LogP contribution is 2.29. The van der Waals surface area contributed by atoms with Gasteiger partial charge < -0.3 is 9.84 Å². The van der Waals surface area contributed by atoms with Gasteiger partial charge in [-0.3, -0.25) is 19.7 Å². The number of carbonyl (C=O) groups is 2. The maximum absolute atomic E-state index is 11.8. The molecule has 0 aromatic heterocycles. The number of aliphatic carboxylic acids is 1. The number of carboxylic acids is 1. The van der Waals surface area contributed by atoms with E-state index in [1.54, 1.807) is 19.1 Å². The molecule has 2 unspecified atom stereocenters. The molecule has 0 saturated carbocycles. The van der Waals surface area contributed by atoms with Crippen molar-refractivity contribution in [3.05, 3.63) is 45.5 Å². The molecule has 0 fully saturated rings. The van der Waals surface area contributed by atoms with Crippen LogP contribution in [0.25, 0.3) is 0 Å². The summed E-state index contributed by atoms with van der Waals surface area (Å²) in [6, 6.07) is 5.93. The van der Waals surface area contributed by atoms with Crippen LogP contribution in [0.4, 0.5) is 0 Å². The van der Waals surface area contributed by atoms with Crippen molar-refractivity contribution in [2.75, 3.05) is 6.61 Å². The monoisotopic (exact) mass is 323 g/mol. The molecule has 0 amide bonds. The Morgan fingerprint density at radius 3 is 2.39 bits per heavy atom. The summed E-state index contributed by atoms with van der Waals surface area (Å²) in [7, 11) is 0. The molecule has 0 aliphatic carbocycles. The summed E-state index contributed by atoms with van der Waals surface area (Å²) in [5.74, 6) is -2.35. The molecule has 1 aromatic rings. The third-order valence-electron chi connectivity index (χ3n) is 3.59. The van der Waals surface area contributed by atoms with E-state index in [9.17, 15) is 19.7 Å². The van der Waals surface area contributed by atoms with Gasteiger partial charge >= 0.3 is 11.9 Å². The Balaban J connectivity index is 3.07. The lowest BCUT2D eigenvalue weighted by Gasteiger charge is -2.20. The Bertz CT molecular complexity index is 554. The fourth-order valence-electron chi connectivity index (χ4n) is 2.41. The number of nitro groups is 1. The average Bonchev–Trinajstić information content (AvgIpc) is 2.46. The number of carbonyl (C=O) groups excluding carboxylic acids is 1. The van der Waals surface area contributed by atoms with Crippen LogP contribution in [-0.4, -0.2) is 34.6 Å². The van der Waals surface area contributed by atoms with Gasteiger partial charge in [-0.05, 0) is 19.4 Å². The normalized spacial score (nSPS) is 13.1. The van der Waals surface area contributed by atoms with Crippen LogP contribution >= 0.6 is 0 Å². The van der Waals surface area contributed by atoms with E-state index in [0.717, 1.165) is 5.56 Å². The second-order valence-electron chi connectivity index (χ2n) is 5.31. The summed E-state index contributed by atoms with van der Waals surface area (Å²) < 4.78 is 4.90. The van der Waals surface area contributed by atoms with Crippen LogP contribution in [-0.2, 0) is 14.3 Å². The lowest BCUT2D eigenvalue weighted by molar-refractivity contribution is -0.527. The van der Waals surface area contributed by atoms with Gasteiger partial charge in [-0.15, -0.1) is 0 Å². The number of aryl methyl sites for hydroxylation is 1. The Labute approximate surface area is 134 Å². The quantitative estimate of drug-likeness (QED) is 0.425. The molecule has 2 atom stereocenters. The lowest BCUT2D eigenvalue weighted by Crippen LogP contribution is -2.30. The van der Waals surface area contributed by atoms with Crippen molar-refractivity contribution in [2.24, 2.45) is 0 Å². The highest BCUT2D eigenvalue weighted by atomic mass is 16.6. The average molecular weight is 323 g/mol. The Morgan fingerprint density at radius 1 is 1.30 bits per heavy atom. The molecule has 23 heavy (non-hydrogen) atoms. The first-order valence-electron chi connectivity index (χ1n) is 7.42. The second-order valence-corrected chi connectivity index (χ2v) is 5.31. The van der Waals surface area contributed by atoms with Crippen LogP contribution in [0.1, 0.15) is 43.2 Å². The van der Waals surface area contributed by atoms with E-state index < -0.39 is 28.8 Å². The third kappa shape index (κ3) is 6.06. The van der Waals surface area contributed by atoms with Gasteiger partial charge in [-0.25, -0.2) is 0 Å². The number of rotatable bonds is 9. The molecular weight excluding hydrogens is 302 g/mol. The van der Waals surface area contributed by atoms with E-state index in [1.807, 2.05) is 19.1 Å². The van der Waals surface area contributed by atoms with Gasteiger partial charge in [-0.2, -0.15) is 0 Å². The van der Waals surface area contributed by atoms with Gasteiger partial charge in [0.15, 0.2) is 0 Å². The number of ether oxygens (including phenoxy) is 1. The van der Waals surface area contributed by atoms with E-state index in [4.69, 9.17) is 9.84 Å². The van der Waals surface area contributed by atoms with Crippen molar-refractivity contribution in [3.8, 4) is 0 Å². The summed E-state index contributed by atoms with van der Waals surface area (Å²) in [6.45, 7) is 3.74. The lowest BCUT2D eigenvalue weighted by atomic mass is 9.86. The SMILES string of the molecule is CCOC(=O)CC(c1ccc(C)cc1)C(CCC(=O)O)[N+](=O)[O-]. The predicted molar refractivity (Wildman–Crippen MR) is 82.8 cm³/mol. The van der Waals surface area contributed by atoms with Crippen molar-refractivity contribution in [1.29, 1.82) is 0 Å². The molecule has 0 aliphatic heterocycles. The zero-order valence-electron chi connectivity index (χ0n) is 13.2. The van der Waals surface area contributed by atoms with Gasteiger partial charge in [0, 0.05) is 11.3 Å². The maximum atomic E-state index is 11.8. The van der Waals surface area contributed by atoms with Crippen molar-refractivity contribution >= 4 is 11.9 Å². The molecule has 0 spiro atoms. The number of hydrogen-bond acceptors (Lipinski definition) is 5. The largest absolute Gasteiger partial charge is 0.481 e. The summed E-state index contributed by atoms with van der Waals surface area (Å²) >= 11 is 0. The Hall–Kier alpha value is -2.44. The fourth-order valence-corrected chi connectivity index (χ4v) is 2.41. The smallest absolute Gasteiger partial charge is 0.306 e. The van der Waals surface area contributed by atoms with Gasteiger partial charge in [0.2, 0.25) is 6.04 Å². The minimum absolute atomic E-state index is 0.139. The second kappa shape index (κ2) is 8.87. The topological polar surface area (TPSA) is 107 Å². The van der Waals surface area contributed by atoms with Gasteiger partial charge in [-0.1, -0.05) is 29.8 Å². The van der Waals surface area contributed by atoms with Gasteiger partial charge in [0.05, 0.1) is 25.4 Å². The Morgan fingerprint density at radius 2 is 1.91 bits per heavy atom. The van der Waals surface area contributed by atoms with Crippen LogP contribution < -0.4 is 0 Å². The number of carboxylic acid groups (broad SMARTS) is 1. The summed E-state index contributed by atoms with van der Waals surface area (Å²) in [5, 5.41) is 20.2. The molecule has 1 rings (SSSR count). The summed E-state index contributed by atoms with van der Waals surface area (Å²) in [5.41, 5.74) is 1.63. The molecule has 0 heterocycles. The summed E-state index contributed by atoms with van der Waals surface area (Å²) in [4.78, 5) is 33.4. The Kier molecular flexibility index (Phi) is 7.18. The van der Waals surface area contributed by atoms with Crippen LogP contribution in [0.15, 0.2) is 24.3 Å². The van der Waals surface area contributed by atoms with E-state index in [-0.39, 0.29) is 25.9 Å². The third-order valence-corrected chi connectivity index (χ3v) is 3.59. The van der Waals surface area contributed by atoms with Crippen molar-refractivity contribution in [2.45, 2.75) is 45.1 Å². The molecule has 1 N–H and O–H groups in total. The van der Waals surface area contributed by atoms with E-state index >= 15 is 0 Å². The highest BCUT2D eigenvalue weighted by molar-refractivity contribution is 5.71. The van der Waals surface area contributed by atoms with Gasteiger partial charge in [0.1, 0.15) is 0 Å². The van der Waals surface area contributed by atoms with Crippen molar-refractivity contribution < 1.29 is 24.4 Å². The first-order valence-corrected chi connectivity index (χ1v) is 7.42. The predicted octanol–water partition coefficient (Wildman–Crippen LogP) is 2.54. The number of nitrogens with zero attached hydrogens (tertiary/aromatic N) is 1. The van der Waals surface area contributed by atoms with Crippen molar-refractivity contribution in [3.63, 3.8) is 0 Å². The minimum Gasteiger partial charge on any atom is -0.481 e. The van der Waals surface area contributed by atoms with Gasteiger partial charge in [0.25, 0.3) is 0 Å². The molecule has 0 aliphatic rings. The first-order chi connectivity index (χ1) is 10.8. The van der Waals surface area contributed by atoms with Crippen LogP contribution in [0.3, 0.4) is 0 Å². The first kappa shape index (κ1) is 18.6. The fraction of sp³-hybridized carbons (Fsp3) is 0.500. The van der Waals surface area contributed by atoms with Crippen LogP contribution in [0.2, 0.25) is 0 Å². The highest BCUT2D eigenvalue weighted by Gasteiger charge is 2.35. The molecule has 7 heteroatoms. The summed E-state index contributed by atoms with van der Waals surface area (Å²) in [6.07, 6.45) is -0.612. The van der Waals surface area contributed by atoms with Crippen LogP contribution in [0, 0.1) is 17.0 Å². The zero-order valence-corrected chi connectivity index (χ0v) is 13.2. The van der Waals surface area contributed by atoms with E-state index in [0.29, 0.717) is 5.56 Å². The molecule has 126 valence electrons. The number of esters is 1. The molecule has 1 aromatic carbocycles. The van der Waals surface area contributed by atoms with Crippen molar-refractivity contribution in [1.82, 2.24) is 0 Å². The molecular formula is C16H21NO6. The van der Waals surface area contributed by atoms with E-state index in [2.05, 4.69) is 0 Å². The molecule has 7 nitrogen and oxygen atoms in total. The van der Waals surface area contributed by atoms with Crippen LogP contribution in [0.5, 0.6) is 0 Å². The maximum Gasteiger partial charge on any atom is 0.306 e. The molecule has 0 bridgehead atoms. The standard InChI is InChI=1S/C16H21NO6/c1-3-23-16(20)10-13(12-6-4-11(2)5-7-12)14(17(21)22)8-9-15(18)19/h4-7,13-14H,3,8-10H2,1-2H3,(H,18,19). The zero-order chi connectivity index (χ0) is 17.4.